The van der Waals surface area contributed by atoms with Gasteiger partial charge in [0.2, 0.25) is 5.91 Å². The van der Waals surface area contributed by atoms with Gasteiger partial charge in [-0.3, -0.25) is 9.59 Å². The molecule has 0 atom stereocenters. The summed E-state index contributed by atoms with van der Waals surface area (Å²) in [5.74, 6) is 3.40. The van der Waals surface area contributed by atoms with Gasteiger partial charge in [0.15, 0.2) is 0 Å². The van der Waals surface area contributed by atoms with Crippen molar-refractivity contribution in [2.45, 2.75) is 51.9 Å². The lowest BCUT2D eigenvalue weighted by Gasteiger charge is -2.53. The number of hydrogen-bond donors (Lipinski definition) is 1. The number of amides is 1. The molecule has 4 aliphatic carbocycles. The van der Waals surface area contributed by atoms with Gasteiger partial charge in [0, 0.05) is 18.9 Å². The fourth-order valence-corrected chi connectivity index (χ4v) is 5.15. The van der Waals surface area contributed by atoms with Gasteiger partial charge in [0.25, 0.3) is 0 Å². The van der Waals surface area contributed by atoms with Gasteiger partial charge >= 0.3 is 5.97 Å². The first-order valence-corrected chi connectivity index (χ1v) is 8.60. The largest absolute Gasteiger partial charge is 0.466 e. The minimum absolute atomic E-state index is 0.165. The standard InChI is InChI=1S/C17H27NO3/c1-2-21-15(19)4-3-5-18-17(20)16-13-7-11-6-12(9-13)10-14(16)8-11/h11-14,16H,2-10H2,1H3,(H,18,20). The minimum atomic E-state index is -0.165. The predicted octanol–water partition coefficient (Wildman–Crippen LogP) is 2.52. The van der Waals surface area contributed by atoms with Gasteiger partial charge in [-0.25, -0.2) is 0 Å². The second-order valence-electron chi connectivity index (χ2n) is 7.16. The van der Waals surface area contributed by atoms with E-state index in [1.54, 1.807) is 0 Å². The Balaban J connectivity index is 1.43. The third kappa shape index (κ3) is 3.24. The Morgan fingerprint density at radius 1 is 1.05 bits per heavy atom. The molecule has 21 heavy (non-hydrogen) atoms. The average molecular weight is 293 g/mol. The number of hydrogen-bond acceptors (Lipinski definition) is 3. The van der Waals surface area contributed by atoms with Crippen molar-refractivity contribution < 1.29 is 14.3 Å². The smallest absolute Gasteiger partial charge is 0.305 e. The molecule has 0 unspecified atom stereocenters. The molecule has 4 nitrogen and oxygen atoms in total. The van der Waals surface area contributed by atoms with Crippen molar-refractivity contribution in [3.05, 3.63) is 0 Å². The molecule has 0 saturated heterocycles. The highest BCUT2D eigenvalue weighted by Crippen LogP contribution is 2.56. The molecule has 4 saturated carbocycles. The van der Waals surface area contributed by atoms with Crippen LogP contribution in [-0.2, 0) is 14.3 Å². The van der Waals surface area contributed by atoms with E-state index < -0.39 is 0 Å². The summed E-state index contributed by atoms with van der Waals surface area (Å²) in [6, 6.07) is 0. The van der Waals surface area contributed by atoms with Crippen molar-refractivity contribution in [1.82, 2.24) is 5.32 Å². The normalized spacial score (nSPS) is 36.5. The molecule has 4 fully saturated rings. The molecule has 4 heteroatoms. The number of nitrogens with one attached hydrogen (secondary N) is 1. The van der Waals surface area contributed by atoms with Crippen molar-refractivity contribution in [3.8, 4) is 0 Å². The lowest BCUT2D eigenvalue weighted by atomic mass is 9.51. The molecule has 0 spiro atoms. The van der Waals surface area contributed by atoms with Crippen molar-refractivity contribution in [3.63, 3.8) is 0 Å². The second kappa shape index (κ2) is 6.37. The Labute approximate surface area is 127 Å². The van der Waals surface area contributed by atoms with Crippen LogP contribution in [0.15, 0.2) is 0 Å². The lowest BCUT2D eigenvalue weighted by Crippen LogP contribution is -2.51. The zero-order chi connectivity index (χ0) is 14.8. The predicted molar refractivity (Wildman–Crippen MR) is 79.4 cm³/mol. The van der Waals surface area contributed by atoms with E-state index in [1.165, 1.54) is 32.1 Å². The van der Waals surface area contributed by atoms with Crippen LogP contribution in [0, 0.1) is 29.6 Å². The monoisotopic (exact) mass is 293 g/mol. The summed E-state index contributed by atoms with van der Waals surface area (Å²) < 4.78 is 4.89. The Bertz CT molecular complexity index is 379. The summed E-state index contributed by atoms with van der Waals surface area (Å²) in [4.78, 5) is 23.7. The molecule has 0 aromatic carbocycles. The Hall–Kier alpha value is -1.06. The van der Waals surface area contributed by atoms with E-state index in [1.807, 2.05) is 6.92 Å². The third-order valence-corrected chi connectivity index (χ3v) is 5.69. The number of ether oxygens (including phenoxy) is 1. The summed E-state index contributed by atoms with van der Waals surface area (Å²) >= 11 is 0. The van der Waals surface area contributed by atoms with Gasteiger partial charge in [0.05, 0.1) is 6.61 Å². The first kappa shape index (κ1) is 14.9. The summed E-state index contributed by atoms with van der Waals surface area (Å²) in [6.07, 6.45) is 7.58. The number of carbonyl (C=O) groups excluding carboxylic acids is 2. The first-order chi connectivity index (χ1) is 10.2. The summed E-state index contributed by atoms with van der Waals surface area (Å²) in [6.45, 7) is 2.84. The van der Waals surface area contributed by atoms with Gasteiger partial charge in [-0.05, 0) is 69.1 Å². The third-order valence-electron chi connectivity index (χ3n) is 5.69. The number of carbonyl (C=O) groups is 2. The summed E-state index contributed by atoms with van der Waals surface area (Å²) in [5.41, 5.74) is 0. The molecule has 118 valence electrons. The second-order valence-corrected chi connectivity index (χ2v) is 7.16. The molecular weight excluding hydrogens is 266 g/mol. The van der Waals surface area contributed by atoms with Crippen molar-refractivity contribution in [2.75, 3.05) is 13.2 Å². The SMILES string of the molecule is CCOC(=O)CCCNC(=O)C1C2CC3CC(C2)CC1C3. The van der Waals surface area contributed by atoms with Crippen LogP contribution < -0.4 is 5.32 Å². The van der Waals surface area contributed by atoms with Crippen LogP contribution in [0.25, 0.3) is 0 Å². The lowest BCUT2D eigenvalue weighted by molar-refractivity contribution is -0.143. The highest BCUT2D eigenvalue weighted by Gasteiger charge is 2.50. The van der Waals surface area contributed by atoms with E-state index in [-0.39, 0.29) is 17.8 Å². The maximum Gasteiger partial charge on any atom is 0.305 e. The van der Waals surface area contributed by atoms with Gasteiger partial charge in [-0.1, -0.05) is 0 Å². The fourth-order valence-electron chi connectivity index (χ4n) is 5.15. The molecule has 4 bridgehead atoms. The Kier molecular flexibility index (Phi) is 4.51. The van der Waals surface area contributed by atoms with Crippen LogP contribution in [0.1, 0.15) is 51.9 Å². The molecule has 0 aliphatic heterocycles. The molecule has 0 aromatic heterocycles. The topological polar surface area (TPSA) is 55.4 Å². The van der Waals surface area contributed by atoms with E-state index in [9.17, 15) is 9.59 Å². The van der Waals surface area contributed by atoms with E-state index in [0.29, 0.717) is 37.8 Å². The highest BCUT2D eigenvalue weighted by molar-refractivity contribution is 5.79. The average Bonchev–Trinajstić information content (AvgIpc) is 2.42. The number of rotatable bonds is 6. The molecule has 0 heterocycles. The van der Waals surface area contributed by atoms with E-state index in [2.05, 4.69) is 5.32 Å². The highest BCUT2D eigenvalue weighted by atomic mass is 16.5. The molecule has 4 rings (SSSR count). The van der Waals surface area contributed by atoms with Gasteiger partial charge in [-0.2, -0.15) is 0 Å². The van der Waals surface area contributed by atoms with Crippen LogP contribution >= 0.6 is 0 Å². The Morgan fingerprint density at radius 2 is 1.67 bits per heavy atom. The van der Waals surface area contributed by atoms with Crippen LogP contribution in [0.5, 0.6) is 0 Å². The molecular formula is C17H27NO3. The quantitative estimate of drug-likeness (QED) is 0.605. The Morgan fingerprint density at radius 3 is 2.24 bits per heavy atom. The zero-order valence-electron chi connectivity index (χ0n) is 13.0. The van der Waals surface area contributed by atoms with Crippen molar-refractivity contribution >= 4 is 11.9 Å². The van der Waals surface area contributed by atoms with Crippen LogP contribution in [-0.4, -0.2) is 25.0 Å². The van der Waals surface area contributed by atoms with E-state index in [0.717, 1.165) is 11.8 Å². The van der Waals surface area contributed by atoms with Crippen LogP contribution in [0.3, 0.4) is 0 Å². The molecule has 0 aromatic rings. The molecule has 0 radical (unpaired) electrons. The van der Waals surface area contributed by atoms with Crippen LogP contribution in [0.4, 0.5) is 0 Å². The van der Waals surface area contributed by atoms with Crippen LogP contribution in [0.2, 0.25) is 0 Å². The molecule has 1 N–H and O–H groups in total. The molecule has 4 aliphatic rings. The maximum atomic E-state index is 12.5. The summed E-state index contributed by atoms with van der Waals surface area (Å²) in [5, 5.41) is 3.06. The van der Waals surface area contributed by atoms with E-state index in [4.69, 9.17) is 4.74 Å². The minimum Gasteiger partial charge on any atom is -0.466 e. The maximum absolute atomic E-state index is 12.5. The summed E-state index contributed by atoms with van der Waals surface area (Å²) in [7, 11) is 0. The fraction of sp³-hybridized carbons (Fsp3) is 0.882. The van der Waals surface area contributed by atoms with Gasteiger partial charge in [-0.15, -0.1) is 0 Å². The van der Waals surface area contributed by atoms with Crippen molar-refractivity contribution in [2.24, 2.45) is 29.6 Å². The van der Waals surface area contributed by atoms with Gasteiger partial charge in [0.1, 0.15) is 0 Å². The molecule has 1 amide bonds. The number of esters is 1. The first-order valence-electron chi connectivity index (χ1n) is 8.60. The zero-order valence-corrected chi connectivity index (χ0v) is 13.0. The van der Waals surface area contributed by atoms with E-state index >= 15 is 0 Å². The van der Waals surface area contributed by atoms with Crippen molar-refractivity contribution in [1.29, 1.82) is 0 Å². The van der Waals surface area contributed by atoms with Gasteiger partial charge < -0.3 is 10.1 Å².